The number of hydrogen-bond donors (Lipinski definition) is 2. The lowest BCUT2D eigenvalue weighted by molar-refractivity contribution is -0.113. The van der Waals surface area contributed by atoms with Gasteiger partial charge in [-0.25, -0.2) is 9.78 Å². The molecule has 2 heterocycles. The van der Waals surface area contributed by atoms with E-state index in [1.807, 2.05) is 18.2 Å². The van der Waals surface area contributed by atoms with Gasteiger partial charge in [-0.1, -0.05) is 6.07 Å². The van der Waals surface area contributed by atoms with Crippen LogP contribution in [-0.4, -0.2) is 21.6 Å². The molecule has 1 amide bonds. The van der Waals surface area contributed by atoms with Gasteiger partial charge in [-0.05, 0) is 18.2 Å². The number of nitrogens with zero attached hydrogens (tertiary/aromatic N) is 1. The van der Waals surface area contributed by atoms with E-state index in [9.17, 15) is 9.59 Å². The number of anilines is 1. The van der Waals surface area contributed by atoms with Crippen molar-refractivity contribution in [2.75, 3.05) is 11.1 Å². The second kappa shape index (κ2) is 4.30. The minimum absolute atomic E-state index is 0.00660. The molecule has 0 spiro atoms. The third kappa shape index (κ3) is 2.02. The Bertz CT molecular complexity index is 681. The first-order valence-corrected chi connectivity index (χ1v) is 6.33. The number of fused-ring (bicyclic) bond motifs is 1. The van der Waals surface area contributed by atoms with Crippen molar-refractivity contribution in [3.63, 3.8) is 0 Å². The molecule has 2 N–H and O–H groups in total. The summed E-state index contributed by atoms with van der Waals surface area (Å²) in [5.74, 6) is 0.436. The first-order valence-electron chi connectivity index (χ1n) is 5.35. The van der Waals surface area contributed by atoms with Crippen LogP contribution in [0.15, 0.2) is 40.2 Å². The van der Waals surface area contributed by atoms with E-state index in [1.165, 1.54) is 18.0 Å². The van der Waals surface area contributed by atoms with Gasteiger partial charge in [-0.2, -0.15) is 0 Å². The molecule has 3 rings (SSSR count). The Balaban J connectivity index is 2.07. The Hall–Kier alpha value is -2.08. The number of benzene rings is 1. The minimum Gasteiger partial charge on any atom is -0.324 e. The van der Waals surface area contributed by atoms with Crippen LogP contribution >= 0.6 is 11.8 Å². The zero-order valence-electron chi connectivity index (χ0n) is 9.27. The lowest BCUT2D eigenvalue weighted by Gasteiger charge is -2.16. The normalized spacial score (nSPS) is 13.9. The number of aromatic amines is 1. The Morgan fingerprint density at radius 1 is 1.22 bits per heavy atom. The zero-order chi connectivity index (χ0) is 12.5. The number of rotatable bonds is 1. The maximum atomic E-state index is 11.3. The van der Waals surface area contributed by atoms with Crippen LogP contribution in [0.25, 0.3) is 11.3 Å². The fourth-order valence-electron chi connectivity index (χ4n) is 1.79. The number of thioether (sulfide) groups is 1. The molecule has 0 radical (unpaired) electrons. The van der Waals surface area contributed by atoms with E-state index >= 15 is 0 Å². The van der Waals surface area contributed by atoms with Crippen LogP contribution in [0, 0.1) is 0 Å². The maximum Gasteiger partial charge on any atom is 0.345 e. The van der Waals surface area contributed by atoms with Crippen LogP contribution in [0.3, 0.4) is 0 Å². The molecule has 0 bridgehead atoms. The van der Waals surface area contributed by atoms with Crippen LogP contribution in [0.5, 0.6) is 0 Å². The van der Waals surface area contributed by atoms with E-state index < -0.39 is 0 Å². The summed E-state index contributed by atoms with van der Waals surface area (Å²) >= 11 is 1.51. The average Bonchev–Trinajstić information content (AvgIpc) is 2.38. The van der Waals surface area contributed by atoms with Crippen molar-refractivity contribution in [1.29, 1.82) is 0 Å². The molecule has 0 unspecified atom stereocenters. The maximum absolute atomic E-state index is 11.3. The number of aromatic nitrogens is 2. The van der Waals surface area contributed by atoms with Crippen LogP contribution in [-0.2, 0) is 4.79 Å². The van der Waals surface area contributed by atoms with Crippen LogP contribution < -0.4 is 11.0 Å². The van der Waals surface area contributed by atoms with Crippen molar-refractivity contribution < 1.29 is 4.79 Å². The fourth-order valence-corrected chi connectivity index (χ4v) is 2.58. The van der Waals surface area contributed by atoms with Gasteiger partial charge in [0.1, 0.15) is 0 Å². The Morgan fingerprint density at radius 2 is 2.11 bits per heavy atom. The number of amides is 1. The van der Waals surface area contributed by atoms with Gasteiger partial charge in [0, 0.05) is 16.7 Å². The molecule has 0 saturated carbocycles. The van der Waals surface area contributed by atoms with Gasteiger partial charge < -0.3 is 10.3 Å². The molecule has 0 atom stereocenters. The highest BCUT2D eigenvalue weighted by Crippen LogP contribution is 2.34. The summed E-state index contributed by atoms with van der Waals surface area (Å²) in [5.41, 5.74) is 1.92. The summed E-state index contributed by atoms with van der Waals surface area (Å²) in [5, 5.41) is 2.82. The van der Waals surface area contributed by atoms with Crippen molar-refractivity contribution in [2.45, 2.75) is 4.90 Å². The smallest absolute Gasteiger partial charge is 0.324 e. The molecule has 5 nitrogen and oxygen atoms in total. The van der Waals surface area contributed by atoms with Crippen molar-refractivity contribution in [1.82, 2.24) is 9.97 Å². The van der Waals surface area contributed by atoms with E-state index in [-0.39, 0.29) is 11.6 Å². The van der Waals surface area contributed by atoms with Crippen molar-refractivity contribution in [3.8, 4) is 11.3 Å². The predicted molar refractivity (Wildman–Crippen MR) is 69.6 cm³/mol. The van der Waals surface area contributed by atoms with Gasteiger partial charge in [0.25, 0.3) is 0 Å². The first-order chi connectivity index (χ1) is 8.72. The van der Waals surface area contributed by atoms with Gasteiger partial charge in [0.05, 0.1) is 17.1 Å². The summed E-state index contributed by atoms with van der Waals surface area (Å²) < 4.78 is 0. The Kier molecular flexibility index (Phi) is 2.64. The molecule has 1 aromatic heterocycles. The topological polar surface area (TPSA) is 74.8 Å². The van der Waals surface area contributed by atoms with Gasteiger partial charge >= 0.3 is 5.69 Å². The highest BCUT2D eigenvalue weighted by atomic mass is 32.2. The molecule has 1 aliphatic heterocycles. The first kappa shape index (κ1) is 11.0. The van der Waals surface area contributed by atoms with Crippen molar-refractivity contribution >= 4 is 23.4 Å². The Morgan fingerprint density at radius 3 is 2.94 bits per heavy atom. The molecule has 0 saturated heterocycles. The van der Waals surface area contributed by atoms with E-state index in [0.717, 1.165) is 16.1 Å². The predicted octanol–water partition coefficient (Wildman–Crippen LogP) is 1.48. The van der Waals surface area contributed by atoms with Gasteiger partial charge in [-0.15, -0.1) is 11.8 Å². The largest absolute Gasteiger partial charge is 0.345 e. The highest BCUT2D eigenvalue weighted by Gasteiger charge is 2.15. The molecule has 1 aliphatic rings. The van der Waals surface area contributed by atoms with Gasteiger partial charge in [0.15, 0.2) is 0 Å². The van der Waals surface area contributed by atoms with E-state index in [1.54, 1.807) is 6.07 Å². The summed E-state index contributed by atoms with van der Waals surface area (Å²) in [7, 11) is 0. The van der Waals surface area contributed by atoms with E-state index in [4.69, 9.17) is 0 Å². The zero-order valence-corrected chi connectivity index (χ0v) is 10.1. The molecule has 18 heavy (non-hydrogen) atoms. The van der Waals surface area contributed by atoms with Crippen LogP contribution in [0.4, 0.5) is 5.69 Å². The van der Waals surface area contributed by atoms with Gasteiger partial charge in [-0.3, -0.25) is 4.79 Å². The second-order valence-corrected chi connectivity index (χ2v) is 4.85. The molecular formula is C12H9N3O2S. The third-order valence-corrected chi connectivity index (χ3v) is 3.67. The molecule has 6 heteroatoms. The summed E-state index contributed by atoms with van der Waals surface area (Å²) in [6.07, 6.45) is 1.46. The van der Waals surface area contributed by atoms with E-state index in [0.29, 0.717) is 11.4 Å². The molecule has 90 valence electrons. The number of H-pyrrole nitrogens is 1. The SMILES string of the molecule is O=C1CSc2ccc(-c3ccnc(=O)[nH]3)cc2N1. The lowest BCUT2D eigenvalue weighted by Crippen LogP contribution is -2.18. The molecule has 1 aromatic carbocycles. The number of nitrogens with one attached hydrogen (secondary N) is 2. The third-order valence-electron chi connectivity index (χ3n) is 2.60. The quantitative estimate of drug-likeness (QED) is 0.813. The van der Waals surface area contributed by atoms with E-state index in [2.05, 4.69) is 15.3 Å². The standard InChI is InChI=1S/C12H9N3O2S/c16-11-6-18-10-2-1-7(5-9(10)14-11)8-3-4-13-12(17)15-8/h1-5H,6H2,(H,14,16)(H,13,15,17). The lowest BCUT2D eigenvalue weighted by atomic mass is 10.1. The monoisotopic (exact) mass is 259 g/mol. The number of carbonyl (C=O) groups is 1. The number of hydrogen-bond acceptors (Lipinski definition) is 4. The summed E-state index contributed by atoms with van der Waals surface area (Å²) in [6.45, 7) is 0. The van der Waals surface area contributed by atoms with Crippen LogP contribution in [0.1, 0.15) is 0 Å². The molecule has 2 aromatic rings. The highest BCUT2D eigenvalue weighted by molar-refractivity contribution is 8.00. The number of carbonyl (C=O) groups excluding carboxylic acids is 1. The second-order valence-electron chi connectivity index (χ2n) is 3.84. The minimum atomic E-state index is -0.386. The Labute approximate surface area is 107 Å². The summed E-state index contributed by atoms with van der Waals surface area (Å²) in [4.78, 5) is 29.8. The molecule has 0 fully saturated rings. The van der Waals surface area contributed by atoms with Crippen molar-refractivity contribution in [2.24, 2.45) is 0 Å². The van der Waals surface area contributed by atoms with Crippen LogP contribution in [0.2, 0.25) is 0 Å². The fraction of sp³-hybridized carbons (Fsp3) is 0.0833. The average molecular weight is 259 g/mol. The molecular weight excluding hydrogens is 250 g/mol. The summed E-state index contributed by atoms with van der Waals surface area (Å²) in [6, 6.07) is 7.42. The van der Waals surface area contributed by atoms with Gasteiger partial charge in [0.2, 0.25) is 5.91 Å². The van der Waals surface area contributed by atoms with Crippen molar-refractivity contribution in [3.05, 3.63) is 40.9 Å². The molecule has 0 aliphatic carbocycles.